The fourth-order valence-electron chi connectivity index (χ4n) is 4.33. The second-order valence-corrected chi connectivity index (χ2v) is 8.05. The number of benzene rings is 3. The first kappa shape index (κ1) is 21.6. The summed E-state index contributed by atoms with van der Waals surface area (Å²) in [7, 11) is 1.55. The predicted octanol–water partition coefficient (Wildman–Crippen LogP) is 4.09. The van der Waals surface area contributed by atoms with Gasteiger partial charge in [-0.05, 0) is 41.5 Å². The van der Waals surface area contributed by atoms with Crippen molar-refractivity contribution < 1.29 is 28.9 Å². The standard InChI is InChI=1S/C27H23NO6/c1-32-20-9-5-8-18(14-20)24-23(25(29)19-10-11-21-22(15-19)34-13-12-33-21)26(30)27(31)28(24)16-17-6-3-2-4-7-17/h2-11,14-15,24,29H,12-13,16H2,1H3/b25-23-. The molecule has 1 amide bonds. The number of aliphatic hydroxyl groups excluding tert-OH is 1. The van der Waals surface area contributed by atoms with Gasteiger partial charge in [-0.2, -0.15) is 0 Å². The summed E-state index contributed by atoms with van der Waals surface area (Å²) in [6.07, 6.45) is 0. The zero-order valence-corrected chi connectivity index (χ0v) is 18.6. The summed E-state index contributed by atoms with van der Waals surface area (Å²) < 4.78 is 16.6. The molecule has 0 aromatic heterocycles. The van der Waals surface area contributed by atoms with E-state index in [4.69, 9.17) is 14.2 Å². The van der Waals surface area contributed by atoms with E-state index in [2.05, 4.69) is 0 Å². The fourth-order valence-corrected chi connectivity index (χ4v) is 4.33. The number of rotatable bonds is 5. The van der Waals surface area contributed by atoms with Crippen molar-refractivity contribution in [2.45, 2.75) is 12.6 Å². The molecule has 0 bridgehead atoms. The molecule has 34 heavy (non-hydrogen) atoms. The number of ketones is 1. The van der Waals surface area contributed by atoms with Gasteiger partial charge in [-0.15, -0.1) is 0 Å². The Labute approximate surface area is 196 Å². The summed E-state index contributed by atoms with van der Waals surface area (Å²) in [5.41, 5.74) is 1.92. The second kappa shape index (κ2) is 8.94. The molecule has 3 aromatic carbocycles. The summed E-state index contributed by atoms with van der Waals surface area (Å²) in [5.74, 6) is -0.0452. The molecule has 1 saturated heterocycles. The maximum absolute atomic E-state index is 13.3. The van der Waals surface area contributed by atoms with Crippen LogP contribution in [0, 0.1) is 0 Å². The number of likely N-dealkylation sites (tertiary alicyclic amines) is 1. The minimum absolute atomic E-state index is 0.0193. The zero-order valence-electron chi connectivity index (χ0n) is 18.6. The molecular weight excluding hydrogens is 434 g/mol. The van der Waals surface area contributed by atoms with E-state index in [0.29, 0.717) is 41.6 Å². The summed E-state index contributed by atoms with van der Waals surface area (Å²) in [6, 6.07) is 20.8. The number of methoxy groups -OCH3 is 1. The number of amides is 1. The van der Waals surface area contributed by atoms with Crippen LogP contribution < -0.4 is 14.2 Å². The molecule has 0 spiro atoms. The SMILES string of the molecule is COc1cccc(C2/C(=C(/O)c3ccc4c(c3)OCCO4)C(=O)C(=O)N2Cc2ccccc2)c1. The lowest BCUT2D eigenvalue weighted by molar-refractivity contribution is -0.140. The Kier molecular flexibility index (Phi) is 5.67. The molecule has 0 saturated carbocycles. The highest BCUT2D eigenvalue weighted by molar-refractivity contribution is 6.46. The fraction of sp³-hybridized carbons (Fsp3) is 0.185. The van der Waals surface area contributed by atoms with Gasteiger partial charge in [-0.25, -0.2) is 0 Å². The number of hydrogen-bond acceptors (Lipinski definition) is 6. The number of ether oxygens (including phenoxy) is 3. The van der Waals surface area contributed by atoms with Crippen molar-refractivity contribution in [3.8, 4) is 17.2 Å². The van der Waals surface area contributed by atoms with Crippen LogP contribution in [0.3, 0.4) is 0 Å². The van der Waals surface area contributed by atoms with Gasteiger partial charge in [-0.1, -0.05) is 42.5 Å². The van der Waals surface area contributed by atoms with Crippen LogP contribution in [-0.2, 0) is 16.1 Å². The van der Waals surface area contributed by atoms with Gasteiger partial charge in [-0.3, -0.25) is 9.59 Å². The van der Waals surface area contributed by atoms with Gasteiger partial charge in [0.1, 0.15) is 24.7 Å². The van der Waals surface area contributed by atoms with E-state index in [0.717, 1.165) is 5.56 Å². The van der Waals surface area contributed by atoms with Gasteiger partial charge in [0.15, 0.2) is 11.5 Å². The van der Waals surface area contributed by atoms with E-state index in [1.54, 1.807) is 43.5 Å². The van der Waals surface area contributed by atoms with Crippen molar-refractivity contribution in [1.82, 2.24) is 4.90 Å². The second-order valence-electron chi connectivity index (χ2n) is 8.05. The van der Waals surface area contributed by atoms with Crippen molar-refractivity contribution in [2.24, 2.45) is 0 Å². The van der Waals surface area contributed by atoms with E-state index in [-0.39, 0.29) is 17.9 Å². The Balaban J connectivity index is 1.64. The smallest absolute Gasteiger partial charge is 0.295 e. The lowest BCUT2D eigenvalue weighted by atomic mass is 9.95. The number of hydrogen-bond donors (Lipinski definition) is 1. The molecule has 2 aliphatic rings. The van der Waals surface area contributed by atoms with Crippen molar-refractivity contribution in [2.75, 3.05) is 20.3 Å². The first-order valence-electron chi connectivity index (χ1n) is 10.9. The average molecular weight is 457 g/mol. The monoisotopic (exact) mass is 457 g/mol. The molecule has 172 valence electrons. The first-order chi connectivity index (χ1) is 16.6. The maximum Gasteiger partial charge on any atom is 0.295 e. The Morgan fingerprint density at radius 2 is 1.74 bits per heavy atom. The Bertz CT molecular complexity index is 1280. The van der Waals surface area contributed by atoms with Crippen LogP contribution in [0.25, 0.3) is 5.76 Å². The molecule has 1 atom stereocenters. The Morgan fingerprint density at radius 1 is 0.971 bits per heavy atom. The summed E-state index contributed by atoms with van der Waals surface area (Å²) in [4.78, 5) is 27.9. The van der Waals surface area contributed by atoms with Crippen LogP contribution in [0.4, 0.5) is 0 Å². The normalized spacial score (nSPS) is 18.7. The van der Waals surface area contributed by atoms with Crippen molar-refractivity contribution in [3.63, 3.8) is 0 Å². The lowest BCUT2D eigenvalue weighted by Gasteiger charge is -2.26. The van der Waals surface area contributed by atoms with Gasteiger partial charge >= 0.3 is 0 Å². The molecular formula is C27H23NO6. The number of carbonyl (C=O) groups excluding carboxylic acids is 2. The first-order valence-corrected chi connectivity index (χ1v) is 10.9. The number of aliphatic hydroxyl groups is 1. The van der Waals surface area contributed by atoms with Gasteiger partial charge in [0.25, 0.3) is 11.7 Å². The van der Waals surface area contributed by atoms with Crippen LogP contribution >= 0.6 is 0 Å². The number of carbonyl (C=O) groups is 2. The van der Waals surface area contributed by atoms with E-state index < -0.39 is 17.7 Å². The summed E-state index contributed by atoms with van der Waals surface area (Å²) in [5, 5.41) is 11.3. The lowest BCUT2D eigenvalue weighted by Crippen LogP contribution is -2.29. The summed E-state index contributed by atoms with van der Waals surface area (Å²) in [6.45, 7) is 1.05. The highest BCUT2D eigenvalue weighted by atomic mass is 16.6. The van der Waals surface area contributed by atoms with Crippen LogP contribution in [0.1, 0.15) is 22.7 Å². The van der Waals surface area contributed by atoms with E-state index in [9.17, 15) is 14.7 Å². The topological polar surface area (TPSA) is 85.3 Å². The van der Waals surface area contributed by atoms with Crippen molar-refractivity contribution in [3.05, 3.63) is 95.1 Å². The van der Waals surface area contributed by atoms with Crippen LogP contribution in [0.5, 0.6) is 17.2 Å². The summed E-state index contributed by atoms with van der Waals surface area (Å²) >= 11 is 0. The molecule has 7 heteroatoms. The number of nitrogens with zero attached hydrogens (tertiary/aromatic N) is 1. The minimum atomic E-state index is -0.788. The quantitative estimate of drug-likeness (QED) is 0.353. The van der Waals surface area contributed by atoms with Crippen molar-refractivity contribution >= 4 is 17.4 Å². The molecule has 2 aliphatic heterocycles. The van der Waals surface area contributed by atoms with Crippen LogP contribution in [-0.4, -0.2) is 42.0 Å². The van der Waals surface area contributed by atoms with E-state index >= 15 is 0 Å². The predicted molar refractivity (Wildman–Crippen MR) is 125 cm³/mol. The third kappa shape index (κ3) is 3.85. The van der Waals surface area contributed by atoms with E-state index in [1.807, 2.05) is 36.4 Å². The van der Waals surface area contributed by atoms with Gasteiger partial charge in [0, 0.05) is 12.1 Å². The molecule has 1 fully saturated rings. The highest BCUT2D eigenvalue weighted by Gasteiger charge is 2.46. The molecule has 1 N–H and O–H groups in total. The maximum atomic E-state index is 13.3. The Hall–Kier alpha value is -4.26. The van der Waals surface area contributed by atoms with Crippen molar-refractivity contribution in [1.29, 1.82) is 0 Å². The highest BCUT2D eigenvalue weighted by Crippen LogP contribution is 2.42. The molecule has 2 heterocycles. The van der Waals surface area contributed by atoms with Gasteiger partial charge in [0.05, 0.1) is 18.7 Å². The molecule has 5 rings (SSSR count). The molecule has 1 unspecified atom stereocenters. The molecule has 0 aliphatic carbocycles. The molecule has 7 nitrogen and oxygen atoms in total. The average Bonchev–Trinajstić information content (AvgIpc) is 3.13. The zero-order chi connectivity index (χ0) is 23.7. The van der Waals surface area contributed by atoms with Gasteiger partial charge < -0.3 is 24.2 Å². The van der Waals surface area contributed by atoms with Crippen LogP contribution in [0.15, 0.2) is 78.4 Å². The van der Waals surface area contributed by atoms with Crippen LogP contribution in [0.2, 0.25) is 0 Å². The Morgan fingerprint density at radius 3 is 2.50 bits per heavy atom. The van der Waals surface area contributed by atoms with Gasteiger partial charge in [0.2, 0.25) is 0 Å². The minimum Gasteiger partial charge on any atom is -0.507 e. The largest absolute Gasteiger partial charge is 0.507 e. The van der Waals surface area contributed by atoms with E-state index in [1.165, 1.54) is 4.90 Å². The third-order valence-corrected chi connectivity index (χ3v) is 5.96. The number of Topliss-reactive ketones (excluding diaryl/α,β-unsaturated/α-hetero) is 1. The molecule has 3 aromatic rings. The third-order valence-electron chi connectivity index (χ3n) is 5.96. The number of fused-ring (bicyclic) bond motifs is 1. The molecule has 0 radical (unpaired) electrons.